The Kier molecular flexibility index (Phi) is 5.43. The molecule has 1 amide bonds. The summed E-state index contributed by atoms with van der Waals surface area (Å²) in [6.07, 6.45) is -0.116. The number of rotatable bonds is 6. The molecule has 16 heavy (non-hydrogen) atoms. The third-order valence-electron chi connectivity index (χ3n) is 2.08. The average Bonchev–Trinajstić information content (AvgIpc) is 2.10. The summed E-state index contributed by atoms with van der Waals surface area (Å²) in [6.45, 7) is 4.25. The maximum Gasteiger partial charge on any atom is 0.326 e. The summed E-state index contributed by atoms with van der Waals surface area (Å²) in [5.41, 5.74) is 0. The maximum atomic E-state index is 11.4. The average molecular weight is 251 g/mol. The summed E-state index contributed by atoms with van der Waals surface area (Å²) in [6, 6.07) is -1.15. The zero-order valence-electron chi connectivity index (χ0n) is 9.56. The van der Waals surface area contributed by atoms with Crippen LogP contribution in [0, 0.1) is 0 Å². The third-order valence-corrected chi connectivity index (χ3v) is 4.33. The predicted molar refractivity (Wildman–Crippen MR) is 58.8 cm³/mol. The topological polar surface area (TPSA) is 101 Å². The fourth-order valence-corrected chi connectivity index (χ4v) is 2.06. The number of hydrogen-bond acceptors (Lipinski definition) is 4. The molecule has 0 heterocycles. The Bertz CT molecular complexity index is 360. The van der Waals surface area contributed by atoms with Crippen LogP contribution in [0.4, 0.5) is 0 Å². The second kappa shape index (κ2) is 5.83. The minimum atomic E-state index is -3.28. The van der Waals surface area contributed by atoms with Gasteiger partial charge in [-0.05, 0) is 20.3 Å². The summed E-state index contributed by atoms with van der Waals surface area (Å²) >= 11 is 0. The van der Waals surface area contributed by atoms with Gasteiger partial charge < -0.3 is 10.4 Å². The van der Waals surface area contributed by atoms with Crippen LogP contribution in [0.5, 0.6) is 0 Å². The number of sulfone groups is 1. The highest BCUT2D eigenvalue weighted by Gasteiger charge is 2.23. The van der Waals surface area contributed by atoms with E-state index in [1.54, 1.807) is 0 Å². The number of nitrogens with one attached hydrogen (secondary N) is 1. The van der Waals surface area contributed by atoms with Gasteiger partial charge in [0.15, 0.2) is 9.84 Å². The van der Waals surface area contributed by atoms with Crippen molar-refractivity contribution in [2.75, 3.05) is 5.75 Å². The van der Waals surface area contributed by atoms with Crippen LogP contribution in [0.25, 0.3) is 0 Å². The fourth-order valence-electron chi connectivity index (χ4n) is 1.02. The van der Waals surface area contributed by atoms with Gasteiger partial charge in [-0.2, -0.15) is 0 Å². The highest BCUT2D eigenvalue weighted by molar-refractivity contribution is 7.91. The Morgan fingerprint density at radius 1 is 1.31 bits per heavy atom. The molecule has 0 aliphatic rings. The second-order valence-corrected chi connectivity index (χ2v) is 6.47. The number of carbonyl (C=O) groups excluding carboxylic acids is 1. The normalized spacial score (nSPS) is 13.5. The van der Waals surface area contributed by atoms with Crippen LogP contribution in [0.2, 0.25) is 0 Å². The van der Waals surface area contributed by atoms with E-state index in [-0.39, 0.29) is 12.2 Å². The van der Waals surface area contributed by atoms with Crippen LogP contribution >= 0.6 is 0 Å². The monoisotopic (exact) mass is 251 g/mol. The van der Waals surface area contributed by atoms with E-state index in [4.69, 9.17) is 5.11 Å². The number of hydrogen-bond donors (Lipinski definition) is 2. The van der Waals surface area contributed by atoms with Gasteiger partial charge in [0.25, 0.3) is 0 Å². The summed E-state index contributed by atoms with van der Waals surface area (Å²) in [5, 5.41) is 10.4. The van der Waals surface area contributed by atoms with E-state index in [9.17, 15) is 18.0 Å². The van der Waals surface area contributed by atoms with Gasteiger partial charge in [-0.3, -0.25) is 4.79 Å². The summed E-state index contributed by atoms with van der Waals surface area (Å²) in [7, 11) is -3.28. The van der Waals surface area contributed by atoms with Gasteiger partial charge in [0, 0.05) is 6.92 Å². The number of carbonyl (C=O) groups is 2. The number of amides is 1. The van der Waals surface area contributed by atoms with Crippen LogP contribution in [0.3, 0.4) is 0 Å². The van der Waals surface area contributed by atoms with Crippen molar-refractivity contribution in [2.24, 2.45) is 0 Å². The van der Waals surface area contributed by atoms with Crippen LogP contribution in [0.15, 0.2) is 0 Å². The minimum absolute atomic E-state index is 0.116. The molecule has 0 saturated carbocycles. The summed E-state index contributed by atoms with van der Waals surface area (Å²) < 4.78 is 22.9. The van der Waals surface area contributed by atoms with Gasteiger partial charge in [0.05, 0.1) is 11.0 Å². The second-order valence-electron chi connectivity index (χ2n) is 3.80. The van der Waals surface area contributed by atoms with E-state index in [0.717, 1.165) is 0 Å². The van der Waals surface area contributed by atoms with Gasteiger partial charge in [0.1, 0.15) is 6.04 Å². The molecule has 7 heteroatoms. The van der Waals surface area contributed by atoms with Gasteiger partial charge >= 0.3 is 5.97 Å². The van der Waals surface area contributed by atoms with E-state index in [0.29, 0.717) is 0 Å². The van der Waals surface area contributed by atoms with E-state index in [2.05, 4.69) is 5.32 Å². The standard InChI is InChI=1S/C9H17NO5S/c1-6(2)16(14,15)5-4-8(9(12)13)10-7(3)11/h6,8H,4-5H2,1-3H3,(H,10,11)(H,12,13). The Labute approximate surface area is 95.0 Å². The molecule has 0 aromatic rings. The smallest absolute Gasteiger partial charge is 0.326 e. The summed E-state index contributed by atoms with van der Waals surface area (Å²) in [5.74, 6) is -1.97. The first kappa shape index (κ1) is 14.9. The lowest BCUT2D eigenvalue weighted by molar-refractivity contribution is -0.141. The Morgan fingerprint density at radius 2 is 1.81 bits per heavy atom. The van der Waals surface area contributed by atoms with E-state index in [1.165, 1.54) is 20.8 Å². The SMILES string of the molecule is CC(=O)NC(CCS(=O)(=O)C(C)C)C(=O)O. The third kappa shape index (κ3) is 5.11. The molecule has 0 rings (SSSR count). The Morgan fingerprint density at radius 3 is 2.12 bits per heavy atom. The molecule has 1 atom stereocenters. The molecule has 0 aliphatic heterocycles. The van der Waals surface area contributed by atoms with E-state index < -0.39 is 33.0 Å². The molecule has 2 N–H and O–H groups in total. The first-order valence-electron chi connectivity index (χ1n) is 4.88. The molecule has 0 fully saturated rings. The lowest BCUT2D eigenvalue weighted by atomic mass is 10.2. The van der Waals surface area contributed by atoms with Crippen molar-refractivity contribution in [3.63, 3.8) is 0 Å². The van der Waals surface area contributed by atoms with Crippen LogP contribution in [-0.4, -0.2) is 42.4 Å². The first-order chi connectivity index (χ1) is 7.16. The van der Waals surface area contributed by atoms with Crippen molar-refractivity contribution in [1.82, 2.24) is 5.32 Å². The quantitative estimate of drug-likeness (QED) is 0.680. The number of carboxylic acid groups (broad SMARTS) is 1. The van der Waals surface area contributed by atoms with E-state index in [1.807, 2.05) is 0 Å². The molecule has 0 bridgehead atoms. The van der Waals surface area contributed by atoms with Gasteiger partial charge in [-0.1, -0.05) is 0 Å². The first-order valence-corrected chi connectivity index (χ1v) is 6.60. The van der Waals surface area contributed by atoms with Crippen molar-refractivity contribution < 1.29 is 23.1 Å². The number of aliphatic carboxylic acids is 1. The summed E-state index contributed by atoms with van der Waals surface area (Å²) in [4.78, 5) is 21.4. The number of carboxylic acids is 1. The lowest BCUT2D eigenvalue weighted by Crippen LogP contribution is -2.41. The zero-order valence-corrected chi connectivity index (χ0v) is 10.4. The molecule has 0 saturated heterocycles. The van der Waals surface area contributed by atoms with Crippen LogP contribution in [0.1, 0.15) is 27.2 Å². The highest BCUT2D eigenvalue weighted by Crippen LogP contribution is 2.05. The molecule has 0 radical (unpaired) electrons. The van der Waals surface area contributed by atoms with Crippen molar-refractivity contribution in [1.29, 1.82) is 0 Å². The van der Waals surface area contributed by atoms with Crippen molar-refractivity contribution in [3.8, 4) is 0 Å². The molecule has 0 spiro atoms. The highest BCUT2D eigenvalue weighted by atomic mass is 32.2. The Hall–Kier alpha value is -1.11. The molecule has 94 valence electrons. The Balaban J connectivity index is 4.45. The van der Waals surface area contributed by atoms with Gasteiger partial charge in [-0.25, -0.2) is 13.2 Å². The van der Waals surface area contributed by atoms with E-state index >= 15 is 0 Å². The van der Waals surface area contributed by atoms with Crippen LogP contribution < -0.4 is 5.32 Å². The molecule has 0 aromatic heterocycles. The van der Waals surface area contributed by atoms with Crippen molar-refractivity contribution >= 4 is 21.7 Å². The van der Waals surface area contributed by atoms with Crippen molar-refractivity contribution in [3.05, 3.63) is 0 Å². The molecular formula is C9H17NO5S. The minimum Gasteiger partial charge on any atom is -0.480 e. The largest absolute Gasteiger partial charge is 0.480 e. The van der Waals surface area contributed by atoms with Crippen LogP contribution in [-0.2, 0) is 19.4 Å². The molecule has 6 nitrogen and oxygen atoms in total. The van der Waals surface area contributed by atoms with Crippen molar-refractivity contribution in [2.45, 2.75) is 38.5 Å². The van der Waals surface area contributed by atoms with Gasteiger partial charge in [-0.15, -0.1) is 0 Å². The van der Waals surface area contributed by atoms with Gasteiger partial charge in [0.2, 0.25) is 5.91 Å². The predicted octanol–water partition coefficient (Wildman–Crippen LogP) is -0.211. The molecule has 0 aromatic carbocycles. The zero-order chi connectivity index (χ0) is 12.9. The maximum absolute atomic E-state index is 11.4. The molecule has 1 unspecified atom stereocenters. The molecule has 0 aliphatic carbocycles. The molecular weight excluding hydrogens is 234 g/mol. The fraction of sp³-hybridized carbons (Fsp3) is 0.778. The lowest BCUT2D eigenvalue weighted by Gasteiger charge is -2.14.